The van der Waals surface area contributed by atoms with E-state index in [1.165, 1.54) is 6.20 Å². The molecule has 1 saturated heterocycles. The Morgan fingerprint density at radius 1 is 1.54 bits per heavy atom. The van der Waals surface area contributed by atoms with Gasteiger partial charge in [-0.05, 0) is 0 Å². The molecule has 0 aromatic carbocycles. The maximum absolute atomic E-state index is 5.74. The van der Waals surface area contributed by atoms with Gasteiger partial charge in [0.2, 0.25) is 0 Å². The summed E-state index contributed by atoms with van der Waals surface area (Å²) in [6.45, 7) is 2.01. The third-order valence-corrected chi connectivity index (χ3v) is 2.44. The van der Waals surface area contributed by atoms with Crippen molar-refractivity contribution in [2.24, 2.45) is 0 Å². The molecule has 0 bridgehead atoms. The number of aromatic nitrogens is 2. The summed E-state index contributed by atoms with van der Waals surface area (Å²) in [5, 5.41) is 3.64. The number of nitrogens with zero attached hydrogens (tertiary/aromatic N) is 3. The Hall–Kier alpha value is -0.870. The summed E-state index contributed by atoms with van der Waals surface area (Å²) in [6.07, 6.45) is 3.27. The van der Waals surface area contributed by atoms with Crippen molar-refractivity contribution in [3.8, 4) is 0 Å². The lowest BCUT2D eigenvalue weighted by atomic mass is 10.1. The van der Waals surface area contributed by atoms with Crippen LogP contribution in [-0.2, 0) is 0 Å². The predicted molar refractivity (Wildman–Crippen MR) is 52.1 cm³/mol. The first-order chi connectivity index (χ1) is 6.27. The number of anilines is 1. The maximum atomic E-state index is 5.74. The fourth-order valence-corrected chi connectivity index (χ4v) is 1.38. The molecule has 0 amide bonds. The van der Waals surface area contributed by atoms with E-state index in [0.29, 0.717) is 11.2 Å². The molecule has 1 aliphatic rings. The second-order valence-electron chi connectivity index (χ2n) is 3.12. The van der Waals surface area contributed by atoms with Crippen molar-refractivity contribution in [3.63, 3.8) is 0 Å². The van der Waals surface area contributed by atoms with E-state index in [9.17, 15) is 0 Å². The molecule has 0 aliphatic carbocycles. The molecule has 1 fully saturated rings. The lowest BCUT2D eigenvalue weighted by Gasteiger charge is -2.36. The molecule has 0 spiro atoms. The second kappa shape index (κ2) is 3.47. The highest BCUT2D eigenvalue weighted by atomic mass is 35.5. The molecule has 0 saturated carbocycles. The van der Waals surface area contributed by atoms with Gasteiger partial charge >= 0.3 is 0 Å². The number of nitrogens with one attached hydrogen (secondary N) is 1. The average Bonchev–Trinajstić information content (AvgIpc) is 2.01. The predicted octanol–water partition coefficient (Wildman–Crippen LogP) is 0.538. The summed E-state index contributed by atoms with van der Waals surface area (Å²) >= 11 is 5.74. The van der Waals surface area contributed by atoms with Gasteiger partial charge in [0.05, 0.1) is 18.4 Å². The molecule has 13 heavy (non-hydrogen) atoms. The third kappa shape index (κ3) is 1.73. The van der Waals surface area contributed by atoms with Crippen LogP contribution < -0.4 is 10.2 Å². The topological polar surface area (TPSA) is 41.1 Å². The zero-order valence-electron chi connectivity index (χ0n) is 7.37. The highest BCUT2D eigenvalue weighted by Gasteiger charge is 2.22. The van der Waals surface area contributed by atoms with E-state index < -0.39 is 0 Å². The van der Waals surface area contributed by atoms with Crippen LogP contribution in [-0.4, -0.2) is 36.1 Å². The van der Waals surface area contributed by atoms with Crippen molar-refractivity contribution >= 4 is 17.4 Å². The Labute approximate surface area is 81.9 Å². The lowest BCUT2D eigenvalue weighted by molar-refractivity contribution is 0.426. The summed E-state index contributed by atoms with van der Waals surface area (Å²) in [4.78, 5) is 10.3. The van der Waals surface area contributed by atoms with E-state index in [1.54, 1.807) is 6.20 Å². The monoisotopic (exact) mass is 198 g/mol. The standard InChI is InChI=1S/C8H11ClN4/c1-13(6-2-10-3-6)8-5-11-4-7(9)12-8/h4-6,10H,2-3H2,1H3. The van der Waals surface area contributed by atoms with Crippen LogP contribution in [0.2, 0.25) is 5.15 Å². The Bertz CT molecular complexity index is 300. The van der Waals surface area contributed by atoms with Gasteiger partial charge in [0.25, 0.3) is 0 Å². The number of hydrogen-bond donors (Lipinski definition) is 1. The summed E-state index contributed by atoms with van der Waals surface area (Å²) in [5.41, 5.74) is 0. The zero-order chi connectivity index (χ0) is 9.26. The molecule has 1 N–H and O–H groups in total. The molecular formula is C8H11ClN4. The Balaban J connectivity index is 2.14. The van der Waals surface area contributed by atoms with Gasteiger partial charge in [0.1, 0.15) is 11.0 Å². The van der Waals surface area contributed by atoms with E-state index in [2.05, 4.69) is 20.2 Å². The molecule has 4 nitrogen and oxygen atoms in total. The van der Waals surface area contributed by atoms with Gasteiger partial charge in [-0.2, -0.15) is 0 Å². The maximum Gasteiger partial charge on any atom is 0.149 e. The van der Waals surface area contributed by atoms with Gasteiger partial charge in [-0.25, -0.2) is 4.98 Å². The van der Waals surface area contributed by atoms with E-state index in [4.69, 9.17) is 11.6 Å². The molecule has 5 heteroatoms. The Morgan fingerprint density at radius 3 is 2.85 bits per heavy atom. The minimum Gasteiger partial charge on any atom is -0.353 e. The van der Waals surface area contributed by atoms with E-state index in [1.807, 2.05) is 7.05 Å². The van der Waals surface area contributed by atoms with Crippen molar-refractivity contribution in [2.75, 3.05) is 25.0 Å². The van der Waals surface area contributed by atoms with Gasteiger partial charge in [-0.15, -0.1) is 0 Å². The van der Waals surface area contributed by atoms with Crippen LogP contribution in [0.25, 0.3) is 0 Å². The van der Waals surface area contributed by atoms with Crippen LogP contribution in [0.15, 0.2) is 12.4 Å². The van der Waals surface area contributed by atoms with Crippen LogP contribution in [0.3, 0.4) is 0 Å². The fraction of sp³-hybridized carbons (Fsp3) is 0.500. The average molecular weight is 199 g/mol. The first-order valence-corrected chi connectivity index (χ1v) is 4.56. The van der Waals surface area contributed by atoms with Crippen molar-refractivity contribution in [2.45, 2.75) is 6.04 Å². The number of likely N-dealkylation sites (N-methyl/N-ethyl adjacent to an activating group) is 1. The smallest absolute Gasteiger partial charge is 0.149 e. The normalized spacial score (nSPS) is 16.8. The van der Waals surface area contributed by atoms with Crippen molar-refractivity contribution in [1.82, 2.24) is 15.3 Å². The van der Waals surface area contributed by atoms with Gasteiger partial charge in [-0.3, -0.25) is 4.98 Å². The van der Waals surface area contributed by atoms with E-state index >= 15 is 0 Å². The molecular weight excluding hydrogens is 188 g/mol. The van der Waals surface area contributed by atoms with Crippen LogP contribution in [0, 0.1) is 0 Å². The minimum atomic E-state index is 0.441. The van der Waals surface area contributed by atoms with Crippen molar-refractivity contribution in [1.29, 1.82) is 0 Å². The molecule has 1 aromatic heterocycles. The van der Waals surface area contributed by atoms with Gasteiger partial charge < -0.3 is 10.2 Å². The molecule has 70 valence electrons. The van der Waals surface area contributed by atoms with Crippen molar-refractivity contribution < 1.29 is 0 Å². The van der Waals surface area contributed by atoms with Crippen LogP contribution in [0.1, 0.15) is 0 Å². The second-order valence-corrected chi connectivity index (χ2v) is 3.51. The van der Waals surface area contributed by atoms with Gasteiger partial charge in [0, 0.05) is 20.1 Å². The third-order valence-electron chi connectivity index (χ3n) is 2.26. The quantitative estimate of drug-likeness (QED) is 0.753. The molecule has 0 unspecified atom stereocenters. The highest BCUT2D eigenvalue weighted by molar-refractivity contribution is 6.29. The summed E-state index contributed by atoms with van der Waals surface area (Å²) in [5.74, 6) is 0.832. The van der Waals surface area contributed by atoms with E-state index in [0.717, 1.165) is 18.9 Å². The Morgan fingerprint density at radius 2 is 2.31 bits per heavy atom. The van der Waals surface area contributed by atoms with Gasteiger partial charge in [-0.1, -0.05) is 11.6 Å². The summed E-state index contributed by atoms with van der Waals surface area (Å²) < 4.78 is 0. The first-order valence-electron chi connectivity index (χ1n) is 4.18. The number of rotatable bonds is 2. The summed E-state index contributed by atoms with van der Waals surface area (Å²) in [6, 6.07) is 0.521. The minimum absolute atomic E-state index is 0.441. The van der Waals surface area contributed by atoms with Crippen LogP contribution in [0.4, 0.5) is 5.82 Å². The molecule has 1 aliphatic heterocycles. The van der Waals surface area contributed by atoms with Crippen LogP contribution in [0.5, 0.6) is 0 Å². The SMILES string of the molecule is CN(c1cncc(Cl)n1)C1CNC1. The molecule has 1 aromatic rings. The zero-order valence-corrected chi connectivity index (χ0v) is 8.12. The van der Waals surface area contributed by atoms with E-state index in [-0.39, 0.29) is 0 Å². The molecule has 0 atom stereocenters. The molecule has 0 radical (unpaired) electrons. The fourth-order valence-electron chi connectivity index (χ4n) is 1.24. The highest BCUT2D eigenvalue weighted by Crippen LogP contribution is 2.14. The van der Waals surface area contributed by atoms with Crippen molar-refractivity contribution in [3.05, 3.63) is 17.5 Å². The van der Waals surface area contributed by atoms with Crippen LogP contribution >= 0.6 is 11.6 Å². The number of hydrogen-bond acceptors (Lipinski definition) is 4. The molecule has 2 rings (SSSR count). The van der Waals surface area contributed by atoms with Gasteiger partial charge in [0.15, 0.2) is 0 Å². The largest absolute Gasteiger partial charge is 0.353 e. The first kappa shape index (κ1) is 8.72. The lowest BCUT2D eigenvalue weighted by Crippen LogP contribution is -2.56. The summed E-state index contributed by atoms with van der Waals surface area (Å²) in [7, 11) is 2.01. The molecule has 2 heterocycles. The Kier molecular flexibility index (Phi) is 2.33. The number of halogens is 1.